The zero-order valence-corrected chi connectivity index (χ0v) is 11.2. The summed E-state index contributed by atoms with van der Waals surface area (Å²) in [5, 5.41) is 3.34. The van der Waals surface area contributed by atoms with Gasteiger partial charge in [0.1, 0.15) is 13.2 Å². The van der Waals surface area contributed by atoms with Crippen LogP contribution >= 0.6 is 0 Å². The van der Waals surface area contributed by atoms with Gasteiger partial charge in [0.15, 0.2) is 11.5 Å². The van der Waals surface area contributed by atoms with Crippen molar-refractivity contribution in [1.82, 2.24) is 4.90 Å². The highest BCUT2D eigenvalue weighted by Crippen LogP contribution is 2.36. The number of nitrogens with zero attached hydrogens (tertiary/aromatic N) is 1. The molecule has 1 atom stereocenters. The summed E-state index contributed by atoms with van der Waals surface area (Å²) in [5.41, 5.74) is 7.58. The molecule has 3 N–H and O–H groups in total. The van der Waals surface area contributed by atoms with Gasteiger partial charge in [0.25, 0.3) is 0 Å². The zero-order valence-electron chi connectivity index (χ0n) is 11.2. The fourth-order valence-corrected chi connectivity index (χ4v) is 1.70. The van der Waals surface area contributed by atoms with E-state index in [1.54, 1.807) is 0 Å². The van der Waals surface area contributed by atoms with Crippen LogP contribution in [0.2, 0.25) is 0 Å². The molecule has 0 bridgehead atoms. The van der Waals surface area contributed by atoms with Gasteiger partial charge in [0.05, 0.1) is 11.4 Å². The number of hydrogen-bond donors (Lipinski definition) is 2. The van der Waals surface area contributed by atoms with Gasteiger partial charge in [0.2, 0.25) is 0 Å². The van der Waals surface area contributed by atoms with Crippen LogP contribution in [0.3, 0.4) is 0 Å². The van der Waals surface area contributed by atoms with Gasteiger partial charge in [-0.3, -0.25) is 0 Å². The van der Waals surface area contributed by atoms with Gasteiger partial charge in [0, 0.05) is 24.7 Å². The molecule has 1 aliphatic heterocycles. The Labute approximate surface area is 108 Å². The average Bonchev–Trinajstić information content (AvgIpc) is 2.35. The van der Waals surface area contributed by atoms with Crippen molar-refractivity contribution < 1.29 is 9.47 Å². The van der Waals surface area contributed by atoms with Crippen molar-refractivity contribution in [2.24, 2.45) is 0 Å². The molecule has 0 spiro atoms. The molecule has 1 aromatic rings. The van der Waals surface area contributed by atoms with Gasteiger partial charge in [-0.1, -0.05) is 0 Å². The first-order valence-corrected chi connectivity index (χ1v) is 6.17. The molecule has 0 saturated heterocycles. The van der Waals surface area contributed by atoms with Gasteiger partial charge in [-0.05, 0) is 21.0 Å². The lowest BCUT2D eigenvalue weighted by Gasteiger charge is -2.23. The van der Waals surface area contributed by atoms with Crippen molar-refractivity contribution in [2.45, 2.75) is 13.0 Å². The fraction of sp³-hybridized carbons (Fsp3) is 0.538. The van der Waals surface area contributed by atoms with E-state index in [0.29, 0.717) is 24.9 Å². The van der Waals surface area contributed by atoms with Crippen molar-refractivity contribution >= 4 is 11.4 Å². The Morgan fingerprint density at radius 3 is 2.50 bits per heavy atom. The summed E-state index contributed by atoms with van der Waals surface area (Å²) >= 11 is 0. The molecule has 0 aromatic heterocycles. The molecule has 0 fully saturated rings. The van der Waals surface area contributed by atoms with Gasteiger partial charge in [-0.2, -0.15) is 0 Å². The van der Waals surface area contributed by atoms with Crippen molar-refractivity contribution in [3.63, 3.8) is 0 Å². The number of nitrogen functional groups attached to an aromatic ring is 1. The first kappa shape index (κ1) is 12.8. The first-order chi connectivity index (χ1) is 8.58. The van der Waals surface area contributed by atoms with Crippen LogP contribution in [-0.2, 0) is 0 Å². The molecule has 100 valence electrons. The zero-order chi connectivity index (χ0) is 13.1. The van der Waals surface area contributed by atoms with E-state index in [1.807, 2.05) is 12.1 Å². The topological polar surface area (TPSA) is 59.8 Å². The molecule has 2 rings (SSSR count). The lowest BCUT2D eigenvalue weighted by Crippen LogP contribution is -2.31. The second kappa shape index (κ2) is 5.35. The van der Waals surface area contributed by atoms with Gasteiger partial charge < -0.3 is 25.4 Å². The summed E-state index contributed by atoms with van der Waals surface area (Å²) in [5.74, 6) is 1.49. The molecule has 1 aliphatic rings. The molecule has 0 saturated carbocycles. The highest BCUT2D eigenvalue weighted by Gasteiger charge is 2.15. The van der Waals surface area contributed by atoms with E-state index in [-0.39, 0.29) is 0 Å². The van der Waals surface area contributed by atoms with E-state index in [2.05, 4.69) is 31.2 Å². The molecule has 0 aliphatic carbocycles. The number of nitrogens with two attached hydrogens (primary N) is 1. The minimum absolute atomic E-state index is 0.428. The van der Waals surface area contributed by atoms with E-state index in [1.165, 1.54) is 0 Å². The van der Waals surface area contributed by atoms with Crippen LogP contribution in [0.25, 0.3) is 0 Å². The molecular weight excluding hydrogens is 230 g/mol. The third kappa shape index (κ3) is 2.79. The van der Waals surface area contributed by atoms with Crippen LogP contribution in [0.4, 0.5) is 11.4 Å². The van der Waals surface area contributed by atoms with E-state index >= 15 is 0 Å². The SMILES string of the molecule is CC(CNc1cc2c(cc1N)OCCO2)N(C)C. The third-order valence-electron chi connectivity index (χ3n) is 3.18. The maximum absolute atomic E-state index is 6.00. The Balaban J connectivity index is 2.08. The lowest BCUT2D eigenvalue weighted by atomic mass is 10.2. The van der Waals surface area contributed by atoms with Crippen molar-refractivity contribution in [3.05, 3.63) is 12.1 Å². The summed E-state index contributed by atoms with van der Waals surface area (Å²) in [6.45, 7) is 4.15. The Hall–Kier alpha value is -1.62. The van der Waals surface area contributed by atoms with Gasteiger partial charge >= 0.3 is 0 Å². The van der Waals surface area contributed by atoms with Crippen LogP contribution < -0.4 is 20.5 Å². The quantitative estimate of drug-likeness (QED) is 0.792. The summed E-state index contributed by atoms with van der Waals surface area (Å²) in [4.78, 5) is 2.15. The van der Waals surface area contributed by atoms with Crippen molar-refractivity contribution in [3.8, 4) is 11.5 Å². The highest BCUT2D eigenvalue weighted by molar-refractivity contribution is 5.72. The normalized spacial score (nSPS) is 15.6. The predicted molar refractivity (Wildman–Crippen MR) is 73.5 cm³/mol. The molecule has 1 aromatic carbocycles. The Morgan fingerprint density at radius 2 is 1.89 bits per heavy atom. The summed E-state index contributed by atoms with van der Waals surface area (Å²) in [6, 6.07) is 4.15. The largest absolute Gasteiger partial charge is 0.486 e. The number of ether oxygens (including phenoxy) is 2. The Bertz CT molecular complexity index is 421. The maximum Gasteiger partial charge on any atom is 0.163 e. The first-order valence-electron chi connectivity index (χ1n) is 6.17. The van der Waals surface area contributed by atoms with E-state index in [9.17, 15) is 0 Å². The minimum Gasteiger partial charge on any atom is -0.486 e. The molecule has 0 amide bonds. The highest BCUT2D eigenvalue weighted by atomic mass is 16.6. The van der Waals surface area contributed by atoms with Crippen LogP contribution in [0.1, 0.15) is 6.92 Å². The fourth-order valence-electron chi connectivity index (χ4n) is 1.70. The molecule has 5 nitrogen and oxygen atoms in total. The molecular formula is C13H21N3O2. The second-order valence-corrected chi connectivity index (χ2v) is 4.78. The number of likely N-dealkylation sites (N-methyl/N-ethyl adjacent to an activating group) is 1. The number of rotatable bonds is 4. The predicted octanol–water partition coefficient (Wildman–Crippen LogP) is 1.40. The lowest BCUT2D eigenvalue weighted by molar-refractivity contribution is 0.172. The van der Waals surface area contributed by atoms with Crippen molar-refractivity contribution in [1.29, 1.82) is 0 Å². The molecule has 1 unspecified atom stereocenters. The third-order valence-corrected chi connectivity index (χ3v) is 3.18. The standard InChI is InChI=1S/C13H21N3O2/c1-9(16(2)3)8-15-11-7-13-12(6-10(11)14)17-4-5-18-13/h6-7,9,15H,4-5,8,14H2,1-3H3. The van der Waals surface area contributed by atoms with Crippen molar-refractivity contribution in [2.75, 3.05) is 44.9 Å². The Morgan fingerprint density at radius 1 is 1.28 bits per heavy atom. The number of benzene rings is 1. The molecule has 1 heterocycles. The monoisotopic (exact) mass is 251 g/mol. The number of nitrogens with one attached hydrogen (secondary N) is 1. The number of anilines is 2. The summed E-state index contributed by atoms with van der Waals surface area (Å²) < 4.78 is 11.0. The molecule has 18 heavy (non-hydrogen) atoms. The second-order valence-electron chi connectivity index (χ2n) is 4.78. The van der Waals surface area contributed by atoms with Crippen LogP contribution in [0.15, 0.2) is 12.1 Å². The van der Waals surface area contributed by atoms with E-state index in [4.69, 9.17) is 15.2 Å². The van der Waals surface area contributed by atoms with Crippen LogP contribution in [0.5, 0.6) is 11.5 Å². The number of hydrogen-bond acceptors (Lipinski definition) is 5. The Kier molecular flexibility index (Phi) is 3.81. The van der Waals surface area contributed by atoms with E-state index in [0.717, 1.165) is 23.7 Å². The van der Waals surface area contributed by atoms with Gasteiger partial charge in [-0.15, -0.1) is 0 Å². The average molecular weight is 251 g/mol. The van der Waals surface area contributed by atoms with Gasteiger partial charge in [-0.25, -0.2) is 0 Å². The summed E-state index contributed by atoms with van der Waals surface area (Å²) in [7, 11) is 4.11. The summed E-state index contributed by atoms with van der Waals surface area (Å²) in [6.07, 6.45) is 0. The van der Waals surface area contributed by atoms with Crippen LogP contribution in [-0.4, -0.2) is 44.8 Å². The smallest absolute Gasteiger partial charge is 0.163 e. The maximum atomic E-state index is 6.00. The number of fused-ring (bicyclic) bond motifs is 1. The van der Waals surface area contributed by atoms with E-state index < -0.39 is 0 Å². The minimum atomic E-state index is 0.428. The molecule has 0 radical (unpaired) electrons. The van der Waals surface area contributed by atoms with Crippen LogP contribution in [0, 0.1) is 0 Å². The molecule has 5 heteroatoms.